The smallest absolute Gasteiger partial charge is 0.245 e. The van der Waals surface area contributed by atoms with E-state index in [9.17, 15) is 4.79 Å². The van der Waals surface area contributed by atoms with Crippen molar-refractivity contribution in [3.05, 3.63) is 35.7 Å². The van der Waals surface area contributed by atoms with Gasteiger partial charge in [0.1, 0.15) is 17.6 Å². The lowest BCUT2D eigenvalue weighted by Crippen LogP contribution is -2.43. The summed E-state index contributed by atoms with van der Waals surface area (Å²) in [6, 6.07) is 7.16. The highest BCUT2D eigenvalue weighted by Crippen LogP contribution is 2.20. The number of rotatable bonds is 9. The van der Waals surface area contributed by atoms with Crippen molar-refractivity contribution >= 4 is 5.91 Å². The standard InChI is InChI=1S/C19H30N6O2/c1-14-21-22-23-25(14)17(11-15-8-7-9-16(10-15)27-6)18(26)20-12-19(2,3)13-24(4)5/h7-10,17H,11-13H2,1-6H3,(H,20,26)/t17-/m1/s1. The molecule has 0 unspecified atom stereocenters. The first kappa shape index (κ1) is 20.8. The Morgan fingerprint density at radius 3 is 2.70 bits per heavy atom. The SMILES string of the molecule is COc1cccc(C[C@H](C(=O)NCC(C)(C)CN(C)C)n2nnnc2C)c1. The van der Waals surface area contributed by atoms with Crippen molar-refractivity contribution in [2.45, 2.75) is 33.2 Å². The molecule has 1 N–H and O–H groups in total. The Hall–Kier alpha value is -2.48. The molecule has 0 spiro atoms. The normalized spacial score (nSPS) is 12.9. The van der Waals surface area contributed by atoms with E-state index >= 15 is 0 Å². The van der Waals surface area contributed by atoms with Crippen LogP contribution in [0, 0.1) is 12.3 Å². The number of ether oxygens (including phenoxy) is 1. The molecule has 27 heavy (non-hydrogen) atoms. The van der Waals surface area contributed by atoms with Gasteiger partial charge in [0.2, 0.25) is 5.91 Å². The molecule has 1 aromatic heterocycles. The first-order valence-corrected chi connectivity index (χ1v) is 9.02. The van der Waals surface area contributed by atoms with Crippen LogP contribution in [-0.4, -0.2) is 65.3 Å². The number of methoxy groups -OCH3 is 1. The van der Waals surface area contributed by atoms with Gasteiger partial charge in [-0.2, -0.15) is 0 Å². The Morgan fingerprint density at radius 2 is 2.11 bits per heavy atom. The van der Waals surface area contributed by atoms with Crippen LogP contribution in [0.5, 0.6) is 5.75 Å². The predicted octanol–water partition coefficient (Wildman–Crippen LogP) is 1.48. The van der Waals surface area contributed by atoms with E-state index in [0.29, 0.717) is 18.8 Å². The van der Waals surface area contributed by atoms with E-state index in [4.69, 9.17) is 4.74 Å². The molecule has 0 saturated heterocycles. The molecule has 1 heterocycles. The van der Waals surface area contributed by atoms with Gasteiger partial charge < -0.3 is 15.0 Å². The first-order valence-electron chi connectivity index (χ1n) is 9.02. The van der Waals surface area contributed by atoms with Gasteiger partial charge in [0.15, 0.2) is 0 Å². The second-order valence-corrected chi connectivity index (χ2v) is 7.86. The molecule has 8 heteroatoms. The highest BCUT2D eigenvalue weighted by molar-refractivity contribution is 5.80. The zero-order valence-corrected chi connectivity index (χ0v) is 17.1. The highest BCUT2D eigenvalue weighted by Gasteiger charge is 2.27. The minimum atomic E-state index is -0.526. The molecule has 0 aliphatic carbocycles. The van der Waals surface area contributed by atoms with Crippen molar-refractivity contribution in [1.82, 2.24) is 30.4 Å². The summed E-state index contributed by atoms with van der Waals surface area (Å²) in [5, 5.41) is 14.7. The van der Waals surface area contributed by atoms with E-state index in [2.05, 4.69) is 39.6 Å². The van der Waals surface area contributed by atoms with Gasteiger partial charge in [-0.25, -0.2) is 4.68 Å². The Morgan fingerprint density at radius 1 is 1.37 bits per heavy atom. The van der Waals surface area contributed by atoms with Gasteiger partial charge in [0, 0.05) is 19.5 Å². The van der Waals surface area contributed by atoms with Crippen LogP contribution in [0.3, 0.4) is 0 Å². The molecule has 0 radical (unpaired) electrons. The fourth-order valence-electron chi connectivity index (χ4n) is 3.20. The zero-order valence-electron chi connectivity index (χ0n) is 17.1. The van der Waals surface area contributed by atoms with Gasteiger partial charge in [0.25, 0.3) is 0 Å². The van der Waals surface area contributed by atoms with Gasteiger partial charge in [0.05, 0.1) is 7.11 Å². The van der Waals surface area contributed by atoms with Crippen LogP contribution in [0.1, 0.15) is 31.3 Å². The molecule has 2 aromatic rings. The second kappa shape index (κ2) is 8.94. The van der Waals surface area contributed by atoms with Gasteiger partial charge >= 0.3 is 0 Å². The maximum Gasteiger partial charge on any atom is 0.245 e. The molecule has 8 nitrogen and oxygen atoms in total. The van der Waals surface area contributed by atoms with Crippen molar-refractivity contribution in [2.24, 2.45) is 5.41 Å². The Labute approximate surface area is 160 Å². The lowest BCUT2D eigenvalue weighted by molar-refractivity contribution is -0.125. The van der Waals surface area contributed by atoms with E-state index in [-0.39, 0.29) is 11.3 Å². The summed E-state index contributed by atoms with van der Waals surface area (Å²) >= 11 is 0. The lowest BCUT2D eigenvalue weighted by Gasteiger charge is -2.29. The van der Waals surface area contributed by atoms with Crippen molar-refractivity contribution in [2.75, 3.05) is 34.3 Å². The van der Waals surface area contributed by atoms with E-state index in [0.717, 1.165) is 17.9 Å². The number of tetrazole rings is 1. The maximum absolute atomic E-state index is 13.0. The molecule has 0 fully saturated rings. The molecule has 0 saturated carbocycles. The molecule has 0 bridgehead atoms. The van der Waals surface area contributed by atoms with Gasteiger partial charge in [-0.05, 0) is 54.6 Å². The molecule has 1 aromatic carbocycles. The number of benzene rings is 1. The average Bonchev–Trinajstić information content (AvgIpc) is 3.02. The van der Waals surface area contributed by atoms with E-state index < -0.39 is 6.04 Å². The molecule has 0 aliphatic heterocycles. The van der Waals surface area contributed by atoms with Crippen LogP contribution < -0.4 is 10.1 Å². The summed E-state index contributed by atoms with van der Waals surface area (Å²) in [7, 11) is 5.68. The topological polar surface area (TPSA) is 85.2 Å². The number of carbonyl (C=O) groups excluding carboxylic acids is 1. The number of nitrogens with one attached hydrogen (secondary N) is 1. The third-order valence-corrected chi connectivity index (χ3v) is 4.30. The number of hydrogen-bond acceptors (Lipinski definition) is 6. The Kier molecular flexibility index (Phi) is 6.90. The Balaban J connectivity index is 2.17. The predicted molar refractivity (Wildman–Crippen MR) is 104 cm³/mol. The molecular weight excluding hydrogens is 344 g/mol. The largest absolute Gasteiger partial charge is 0.497 e. The Bertz CT molecular complexity index is 756. The number of hydrogen-bond donors (Lipinski definition) is 1. The van der Waals surface area contributed by atoms with Crippen LogP contribution in [0.15, 0.2) is 24.3 Å². The minimum absolute atomic E-state index is 0.0463. The van der Waals surface area contributed by atoms with Crippen molar-refractivity contribution in [3.63, 3.8) is 0 Å². The fourth-order valence-corrected chi connectivity index (χ4v) is 3.20. The third-order valence-electron chi connectivity index (χ3n) is 4.30. The summed E-state index contributed by atoms with van der Waals surface area (Å²) in [5.74, 6) is 1.26. The summed E-state index contributed by atoms with van der Waals surface area (Å²) < 4.78 is 6.87. The van der Waals surface area contributed by atoms with Gasteiger partial charge in [-0.1, -0.05) is 26.0 Å². The highest BCUT2D eigenvalue weighted by atomic mass is 16.5. The lowest BCUT2D eigenvalue weighted by atomic mass is 9.92. The second-order valence-electron chi connectivity index (χ2n) is 7.86. The van der Waals surface area contributed by atoms with Crippen LogP contribution in [0.4, 0.5) is 0 Å². The molecule has 148 valence electrons. The number of aromatic nitrogens is 4. The monoisotopic (exact) mass is 374 g/mol. The summed E-state index contributed by atoms with van der Waals surface area (Å²) in [4.78, 5) is 15.1. The molecule has 1 atom stereocenters. The van der Waals surface area contributed by atoms with Crippen molar-refractivity contribution in [3.8, 4) is 5.75 Å². The van der Waals surface area contributed by atoms with Crippen molar-refractivity contribution in [1.29, 1.82) is 0 Å². The van der Waals surface area contributed by atoms with Gasteiger partial charge in [-0.15, -0.1) is 5.10 Å². The van der Waals surface area contributed by atoms with Gasteiger partial charge in [-0.3, -0.25) is 4.79 Å². The number of nitrogens with zero attached hydrogens (tertiary/aromatic N) is 5. The average molecular weight is 374 g/mol. The summed E-state index contributed by atoms with van der Waals surface area (Å²) in [6.07, 6.45) is 0.475. The summed E-state index contributed by atoms with van der Waals surface area (Å²) in [5.41, 5.74) is 0.937. The fraction of sp³-hybridized carbons (Fsp3) is 0.579. The third kappa shape index (κ3) is 6.02. The number of aryl methyl sites for hydroxylation is 1. The van der Waals surface area contributed by atoms with E-state index in [1.165, 1.54) is 0 Å². The van der Waals surface area contributed by atoms with Crippen LogP contribution in [0.2, 0.25) is 0 Å². The maximum atomic E-state index is 13.0. The van der Waals surface area contributed by atoms with Crippen LogP contribution in [-0.2, 0) is 11.2 Å². The van der Waals surface area contributed by atoms with Crippen molar-refractivity contribution < 1.29 is 9.53 Å². The van der Waals surface area contributed by atoms with E-state index in [1.54, 1.807) is 18.7 Å². The van der Waals surface area contributed by atoms with Crippen LogP contribution in [0.25, 0.3) is 0 Å². The molecule has 1 amide bonds. The zero-order chi connectivity index (χ0) is 20.0. The minimum Gasteiger partial charge on any atom is -0.497 e. The molecular formula is C19H30N6O2. The summed E-state index contributed by atoms with van der Waals surface area (Å²) in [6.45, 7) is 7.50. The number of amides is 1. The van der Waals surface area contributed by atoms with E-state index in [1.807, 2.05) is 38.4 Å². The number of carbonyl (C=O) groups is 1. The van der Waals surface area contributed by atoms with Crippen LogP contribution >= 0.6 is 0 Å². The molecule has 2 rings (SSSR count). The quantitative estimate of drug-likeness (QED) is 0.716. The molecule has 0 aliphatic rings. The first-order chi connectivity index (χ1) is 12.7.